The molecule has 8 heteroatoms. The summed E-state index contributed by atoms with van der Waals surface area (Å²) in [6.07, 6.45) is -0.563. The molecule has 0 heterocycles. The van der Waals surface area contributed by atoms with E-state index in [2.05, 4.69) is 5.32 Å². The van der Waals surface area contributed by atoms with Gasteiger partial charge in [0.25, 0.3) is 5.91 Å². The van der Waals surface area contributed by atoms with Gasteiger partial charge in [0.2, 0.25) is 0 Å². The van der Waals surface area contributed by atoms with Crippen molar-refractivity contribution in [2.45, 2.75) is 18.8 Å². The third-order valence-electron chi connectivity index (χ3n) is 6.03. The lowest BCUT2D eigenvalue weighted by molar-refractivity contribution is -0.137. The maximum atomic E-state index is 14.6. The zero-order valence-corrected chi connectivity index (χ0v) is 19.2. The van der Waals surface area contributed by atoms with E-state index in [4.69, 9.17) is 9.84 Å². The Bertz CT molecular complexity index is 1230. The summed E-state index contributed by atoms with van der Waals surface area (Å²) in [7, 11) is 1.52. The molecule has 1 aliphatic rings. The summed E-state index contributed by atoms with van der Waals surface area (Å²) in [5.74, 6) is -2.28. The number of aliphatic carboxylic acids is 1. The average molecular weight is 477 g/mol. The van der Waals surface area contributed by atoms with Gasteiger partial charge in [0.05, 0.1) is 5.69 Å². The molecule has 0 aromatic heterocycles. The van der Waals surface area contributed by atoms with Crippen LogP contribution in [0.4, 0.5) is 14.9 Å². The minimum atomic E-state index is -0.944. The number of carbonyl (C=O) groups is 3. The van der Waals surface area contributed by atoms with E-state index < -0.39 is 23.8 Å². The van der Waals surface area contributed by atoms with Crippen LogP contribution in [0.25, 0.3) is 11.1 Å². The van der Waals surface area contributed by atoms with Gasteiger partial charge >= 0.3 is 12.1 Å². The smallest absolute Gasteiger partial charge is 0.411 e. The summed E-state index contributed by atoms with van der Waals surface area (Å²) >= 11 is 0. The van der Waals surface area contributed by atoms with E-state index in [9.17, 15) is 18.8 Å². The van der Waals surface area contributed by atoms with Crippen LogP contribution in [0.5, 0.6) is 0 Å². The van der Waals surface area contributed by atoms with Crippen molar-refractivity contribution in [1.82, 2.24) is 4.90 Å². The molecule has 0 atom stereocenters. The minimum Gasteiger partial charge on any atom is -0.481 e. The van der Waals surface area contributed by atoms with Crippen LogP contribution in [0.15, 0.2) is 66.7 Å². The second-order valence-corrected chi connectivity index (χ2v) is 8.37. The van der Waals surface area contributed by atoms with E-state index in [1.807, 2.05) is 48.5 Å². The van der Waals surface area contributed by atoms with E-state index >= 15 is 0 Å². The lowest BCUT2D eigenvalue weighted by Gasteiger charge is -2.17. The fourth-order valence-electron chi connectivity index (χ4n) is 4.28. The molecule has 0 fully saturated rings. The first-order valence-electron chi connectivity index (χ1n) is 11.2. The molecular weight excluding hydrogens is 451 g/mol. The zero-order valence-electron chi connectivity index (χ0n) is 19.2. The van der Waals surface area contributed by atoms with Crippen molar-refractivity contribution in [1.29, 1.82) is 0 Å². The quantitative estimate of drug-likeness (QED) is 0.470. The number of rotatable bonds is 8. The predicted molar refractivity (Wildman–Crippen MR) is 129 cm³/mol. The lowest BCUT2D eigenvalue weighted by Crippen LogP contribution is -2.28. The largest absolute Gasteiger partial charge is 0.481 e. The van der Waals surface area contributed by atoms with Crippen LogP contribution in [0.3, 0.4) is 0 Å². The molecule has 0 bridgehead atoms. The van der Waals surface area contributed by atoms with Crippen LogP contribution >= 0.6 is 0 Å². The number of carboxylic acid groups (broad SMARTS) is 1. The fraction of sp³-hybridized carbons (Fsp3) is 0.222. The summed E-state index contributed by atoms with van der Waals surface area (Å²) in [4.78, 5) is 36.8. The predicted octanol–water partition coefficient (Wildman–Crippen LogP) is 5.12. The first-order chi connectivity index (χ1) is 16.8. The second kappa shape index (κ2) is 10.4. The van der Waals surface area contributed by atoms with Crippen molar-refractivity contribution in [3.63, 3.8) is 0 Å². The number of fused-ring (bicyclic) bond motifs is 3. The minimum absolute atomic E-state index is 0.0605. The number of hydrogen-bond acceptors (Lipinski definition) is 4. The van der Waals surface area contributed by atoms with E-state index in [1.54, 1.807) is 0 Å². The van der Waals surface area contributed by atoms with E-state index in [0.717, 1.165) is 28.3 Å². The number of ether oxygens (including phenoxy) is 1. The van der Waals surface area contributed by atoms with E-state index in [1.165, 1.54) is 24.1 Å². The Balaban J connectivity index is 1.37. The monoisotopic (exact) mass is 476 g/mol. The first kappa shape index (κ1) is 23.9. The van der Waals surface area contributed by atoms with Crippen molar-refractivity contribution in [2.75, 3.05) is 25.5 Å². The summed E-state index contributed by atoms with van der Waals surface area (Å²) in [6, 6.07) is 19.7. The molecule has 0 spiro atoms. The zero-order chi connectivity index (χ0) is 24.9. The number of amides is 2. The SMILES string of the molecule is CN(CCCC(=O)O)C(=O)c1ccc(NC(=O)OCC2c3ccccc3-c3ccccc32)c(F)c1. The number of carboxylic acids is 1. The number of hydrogen-bond donors (Lipinski definition) is 2. The molecule has 4 rings (SSSR count). The van der Waals surface area contributed by atoms with Crippen LogP contribution < -0.4 is 5.32 Å². The molecule has 2 amide bonds. The molecule has 7 nitrogen and oxygen atoms in total. The van der Waals surface area contributed by atoms with Gasteiger partial charge in [-0.1, -0.05) is 48.5 Å². The molecule has 3 aromatic carbocycles. The second-order valence-electron chi connectivity index (χ2n) is 8.37. The highest BCUT2D eigenvalue weighted by Gasteiger charge is 2.29. The molecule has 1 aliphatic carbocycles. The number of benzene rings is 3. The Morgan fingerprint density at radius 2 is 1.63 bits per heavy atom. The van der Waals surface area contributed by atoms with Gasteiger partial charge in [0, 0.05) is 31.5 Å². The van der Waals surface area contributed by atoms with Gasteiger partial charge in [-0.15, -0.1) is 0 Å². The molecule has 3 aromatic rings. The van der Waals surface area contributed by atoms with E-state index in [0.29, 0.717) is 6.42 Å². The van der Waals surface area contributed by atoms with Gasteiger partial charge in [0.15, 0.2) is 0 Å². The third-order valence-corrected chi connectivity index (χ3v) is 6.03. The summed E-state index contributed by atoms with van der Waals surface area (Å²) < 4.78 is 20.0. The fourth-order valence-corrected chi connectivity index (χ4v) is 4.28. The highest BCUT2D eigenvalue weighted by atomic mass is 19.1. The van der Waals surface area contributed by atoms with Crippen LogP contribution in [-0.2, 0) is 9.53 Å². The van der Waals surface area contributed by atoms with Crippen molar-refractivity contribution >= 4 is 23.7 Å². The van der Waals surface area contributed by atoms with Gasteiger partial charge in [-0.3, -0.25) is 14.9 Å². The Kier molecular flexibility index (Phi) is 7.10. The average Bonchev–Trinajstić information content (AvgIpc) is 3.17. The summed E-state index contributed by atoms with van der Waals surface area (Å²) in [5, 5.41) is 11.1. The molecule has 0 unspecified atom stereocenters. The number of carbonyl (C=O) groups excluding carboxylic acids is 2. The molecule has 0 radical (unpaired) electrons. The maximum absolute atomic E-state index is 14.6. The molecule has 35 heavy (non-hydrogen) atoms. The third kappa shape index (κ3) is 5.32. The number of halogens is 1. The van der Waals surface area contributed by atoms with Crippen molar-refractivity contribution in [3.05, 3.63) is 89.2 Å². The van der Waals surface area contributed by atoms with Gasteiger partial charge in [0.1, 0.15) is 12.4 Å². The number of anilines is 1. The van der Waals surface area contributed by atoms with Gasteiger partial charge in [-0.05, 0) is 46.9 Å². The van der Waals surface area contributed by atoms with Crippen LogP contribution in [0.2, 0.25) is 0 Å². The normalized spacial score (nSPS) is 11.9. The lowest BCUT2D eigenvalue weighted by atomic mass is 9.98. The highest BCUT2D eigenvalue weighted by Crippen LogP contribution is 2.44. The Morgan fingerprint density at radius 3 is 2.23 bits per heavy atom. The van der Waals surface area contributed by atoms with Crippen LogP contribution in [-0.4, -0.2) is 48.2 Å². The van der Waals surface area contributed by atoms with Crippen molar-refractivity contribution < 1.29 is 28.6 Å². The molecule has 2 N–H and O–H groups in total. The summed E-state index contributed by atoms with van der Waals surface area (Å²) in [6.45, 7) is 0.325. The first-order valence-corrected chi connectivity index (χ1v) is 11.2. The molecule has 180 valence electrons. The van der Waals surface area contributed by atoms with Crippen LogP contribution in [0.1, 0.15) is 40.2 Å². The number of nitrogens with zero attached hydrogens (tertiary/aromatic N) is 1. The molecular formula is C27H25FN2O5. The Labute approximate surface area is 202 Å². The van der Waals surface area contributed by atoms with Crippen molar-refractivity contribution in [2.24, 2.45) is 0 Å². The summed E-state index contributed by atoms with van der Waals surface area (Å²) in [5.41, 5.74) is 4.35. The Hall–Kier alpha value is -4.20. The van der Waals surface area contributed by atoms with Gasteiger partial charge < -0.3 is 14.7 Å². The molecule has 0 aliphatic heterocycles. The van der Waals surface area contributed by atoms with Gasteiger partial charge in [-0.25, -0.2) is 9.18 Å². The molecule has 0 saturated carbocycles. The van der Waals surface area contributed by atoms with E-state index in [-0.39, 0.29) is 36.7 Å². The highest BCUT2D eigenvalue weighted by molar-refractivity contribution is 5.95. The standard InChI is InChI=1S/C27H25FN2O5/c1-30(14-6-11-25(31)32)26(33)17-12-13-24(23(28)15-17)29-27(34)35-16-22-20-9-4-2-7-18(20)19-8-3-5-10-21(19)22/h2-5,7-10,12-13,15,22H,6,11,14,16H2,1H3,(H,29,34)(H,31,32). The maximum Gasteiger partial charge on any atom is 0.411 e. The topological polar surface area (TPSA) is 95.9 Å². The molecule has 0 saturated heterocycles. The Morgan fingerprint density at radius 1 is 1.00 bits per heavy atom. The number of nitrogens with one attached hydrogen (secondary N) is 1. The van der Waals surface area contributed by atoms with Crippen molar-refractivity contribution in [3.8, 4) is 11.1 Å². The van der Waals surface area contributed by atoms with Gasteiger partial charge in [-0.2, -0.15) is 0 Å². The van der Waals surface area contributed by atoms with Crippen LogP contribution in [0, 0.1) is 5.82 Å².